The van der Waals surface area contributed by atoms with E-state index in [-0.39, 0.29) is 12.1 Å². The van der Waals surface area contributed by atoms with Crippen LogP contribution in [0.25, 0.3) is 10.2 Å². The number of rotatable bonds is 6. The number of methoxy groups -OCH3 is 2. The third-order valence-corrected chi connectivity index (χ3v) is 5.40. The van der Waals surface area contributed by atoms with Crippen molar-refractivity contribution in [1.82, 2.24) is 15.0 Å². The number of thiophene rings is 1. The highest BCUT2D eigenvalue weighted by molar-refractivity contribution is 7.18. The molecule has 0 aliphatic rings. The molecular weight excluding hydrogens is 380 g/mol. The number of aryl methyl sites for hydroxylation is 2. The number of carbonyl (C=O) groups excluding carboxylic acids is 1. The number of ether oxygens (including phenoxy) is 2. The van der Waals surface area contributed by atoms with Crippen LogP contribution in [0.1, 0.15) is 16.0 Å². The van der Waals surface area contributed by atoms with Crippen molar-refractivity contribution in [3.8, 4) is 11.5 Å². The Morgan fingerprint density at radius 2 is 2.04 bits per heavy atom. The minimum atomic E-state index is -0.426. The number of fused-ring (bicyclic) bond motifs is 1. The summed E-state index contributed by atoms with van der Waals surface area (Å²) in [5.41, 5.74) is 3.81. The first kappa shape index (κ1) is 19.6. The molecular formula is C19H20N4O4S. The van der Waals surface area contributed by atoms with Gasteiger partial charge in [-0.1, -0.05) is 0 Å². The molecule has 2 aromatic heterocycles. The van der Waals surface area contributed by atoms with Crippen LogP contribution in [0.3, 0.4) is 0 Å². The van der Waals surface area contributed by atoms with Crippen LogP contribution in [0.4, 0.5) is 0 Å². The largest absolute Gasteiger partial charge is 0.493 e. The minimum absolute atomic E-state index is 0.167. The van der Waals surface area contributed by atoms with Crippen molar-refractivity contribution >= 4 is 33.7 Å². The van der Waals surface area contributed by atoms with Gasteiger partial charge in [0, 0.05) is 4.88 Å². The molecule has 28 heavy (non-hydrogen) atoms. The highest BCUT2D eigenvalue weighted by Gasteiger charge is 2.13. The molecule has 0 fully saturated rings. The molecule has 0 atom stereocenters. The van der Waals surface area contributed by atoms with Gasteiger partial charge in [0.25, 0.3) is 11.5 Å². The number of amides is 1. The third-order valence-electron chi connectivity index (χ3n) is 4.28. The first-order valence-electron chi connectivity index (χ1n) is 8.43. The number of nitrogens with zero attached hydrogens (tertiary/aromatic N) is 3. The molecule has 3 rings (SSSR count). The van der Waals surface area contributed by atoms with E-state index in [2.05, 4.69) is 15.5 Å². The van der Waals surface area contributed by atoms with E-state index in [1.54, 1.807) is 32.4 Å². The molecule has 2 heterocycles. The Morgan fingerprint density at radius 3 is 2.75 bits per heavy atom. The standard InChI is InChI=1S/C19H20N4O4S/c1-11-12(2)28-18-17(11)19(25)23(10-20-18)9-16(24)22-21-8-13-5-6-14(26-3)15(7-13)27-4/h5-8,10H,9H2,1-4H3,(H,22,24)/b21-8-. The van der Waals surface area contributed by atoms with Crippen molar-refractivity contribution in [2.24, 2.45) is 5.10 Å². The minimum Gasteiger partial charge on any atom is -0.493 e. The predicted octanol–water partition coefficient (Wildman–Crippen LogP) is 2.24. The SMILES string of the molecule is COc1ccc(/C=N\NC(=O)Cn2cnc3sc(C)c(C)c3c2=O)cc1OC. The van der Waals surface area contributed by atoms with E-state index in [1.165, 1.54) is 28.4 Å². The van der Waals surface area contributed by atoms with Crippen LogP contribution >= 0.6 is 11.3 Å². The number of nitrogens with one attached hydrogen (secondary N) is 1. The van der Waals surface area contributed by atoms with Crippen LogP contribution in [0.15, 0.2) is 34.4 Å². The molecule has 9 heteroatoms. The van der Waals surface area contributed by atoms with Gasteiger partial charge in [-0.15, -0.1) is 11.3 Å². The first-order chi connectivity index (χ1) is 13.4. The first-order valence-corrected chi connectivity index (χ1v) is 9.25. The zero-order valence-corrected chi connectivity index (χ0v) is 16.8. The summed E-state index contributed by atoms with van der Waals surface area (Å²) in [4.78, 5) is 30.8. The molecule has 0 aliphatic carbocycles. The summed E-state index contributed by atoms with van der Waals surface area (Å²) in [7, 11) is 3.10. The van der Waals surface area contributed by atoms with Crippen molar-refractivity contribution in [3.05, 3.63) is 50.9 Å². The van der Waals surface area contributed by atoms with Gasteiger partial charge in [-0.2, -0.15) is 5.10 Å². The van der Waals surface area contributed by atoms with E-state index in [1.807, 2.05) is 13.8 Å². The van der Waals surface area contributed by atoms with Gasteiger partial charge in [-0.3, -0.25) is 14.2 Å². The zero-order valence-electron chi connectivity index (χ0n) is 16.0. The molecule has 0 saturated carbocycles. The number of hydrogen-bond donors (Lipinski definition) is 1. The highest BCUT2D eigenvalue weighted by atomic mass is 32.1. The second-order valence-electron chi connectivity index (χ2n) is 6.05. The fraction of sp³-hybridized carbons (Fsp3) is 0.263. The van der Waals surface area contributed by atoms with Gasteiger partial charge in [0.15, 0.2) is 11.5 Å². The van der Waals surface area contributed by atoms with E-state index < -0.39 is 5.91 Å². The Morgan fingerprint density at radius 1 is 1.29 bits per heavy atom. The summed E-state index contributed by atoms with van der Waals surface area (Å²) in [6.45, 7) is 3.66. The van der Waals surface area contributed by atoms with Gasteiger partial charge in [0.05, 0.1) is 32.1 Å². The lowest BCUT2D eigenvalue weighted by atomic mass is 10.2. The van der Waals surface area contributed by atoms with Crippen molar-refractivity contribution in [2.45, 2.75) is 20.4 Å². The number of hydrogen-bond acceptors (Lipinski definition) is 7. The van der Waals surface area contributed by atoms with E-state index >= 15 is 0 Å². The fourth-order valence-electron chi connectivity index (χ4n) is 2.68. The fourth-order valence-corrected chi connectivity index (χ4v) is 3.67. The number of benzene rings is 1. The van der Waals surface area contributed by atoms with Crippen molar-refractivity contribution in [2.75, 3.05) is 14.2 Å². The van der Waals surface area contributed by atoms with Crippen LogP contribution in [0.2, 0.25) is 0 Å². The van der Waals surface area contributed by atoms with Gasteiger partial charge in [0.2, 0.25) is 0 Å². The van der Waals surface area contributed by atoms with E-state index in [0.717, 1.165) is 16.0 Å². The van der Waals surface area contributed by atoms with Crippen LogP contribution in [-0.4, -0.2) is 35.9 Å². The van der Waals surface area contributed by atoms with Crippen molar-refractivity contribution < 1.29 is 14.3 Å². The highest BCUT2D eigenvalue weighted by Crippen LogP contribution is 2.27. The Hall–Kier alpha value is -3.20. The molecule has 0 aliphatic heterocycles. The quantitative estimate of drug-likeness (QED) is 0.506. The lowest BCUT2D eigenvalue weighted by molar-refractivity contribution is -0.121. The van der Waals surface area contributed by atoms with Crippen LogP contribution < -0.4 is 20.5 Å². The summed E-state index contributed by atoms with van der Waals surface area (Å²) >= 11 is 1.47. The molecule has 0 bridgehead atoms. The average Bonchev–Trinajstić information content (AvgIpc) is 2.98. The number of aromatic nitrogens is 2. The smallest absolute Gasteiger partial charge is 0.262 e. The summed E-state index contributed by atoms with van der Waals surface area (Å²) in [6, 6.07) is 5.26. The maximum atomic E-state index is 12.6. The van der Waals surface area contributed by atoms with Crippen LogP contribution in [-0.2, 0) is 11.3 Å². The second kappa shape index (κ2) is 8.22. The van der Waals surface area contributed by atoms with E-state index in [4.69, 9.17) is 9.47 Å². The lowest BCUT2D eigenvalue weighted by Crippen LogP contribution is -2.30. The summed E-state index contributed by atoms with van der Waals surface area (Å²) in [5, 5.41) is 4.49. The molecule has 0 radical (unpaired) electrons. The van der Waals surface area contributed by atoms with Crippen molar-refractivity contribution in [3.63, 3.8) is 0 Å². The molecule has 146 valence electrons. The maximum Gasteiger partial charge on any atom is 0.262 e. The van der Waals surface area contributed by atoms with Gasteiger partial charge in [-0.25, -0.2) is 10.4 Å². The Kier molecular flexibility index (Phi) is 5.74. The lowest BCUT2D eigenvalue weighted by Gasteiger charge is -2.07. The van der Waals surface area contributed by atoms with Crippen molar-refractivity contribution in [1.29, 1.82) is 0 Å². The Labute approximate surface area is 165 Å². The molecule has 1 N–H and O–H groups in total. The number of carbonyl (C=O) groups is 1. The van der Waals surface area contributed by atoms with Gasteiger partial charge < -0.3 is 9.47 Å². The van der Waals surface area contributed by atoms with E-state index in [9.17, 15) is 9.59 Å². The predicted molar refractivity (Wildman–Crippen MR) is 109 cm³/mol. The average molecular weight is 400 g/mol. The normalized spacial score (nSPS) is 11.1. The van der Waals surface area contributed by atoms with Gasteiger partial charge in [-0.05, 0) is 43.2 Å². The second-order valence-corrected chi connectivity index (χ2v) is 7.25. The third kappa shape index (κ3) is 3.89. The topological polar surface area (TPSA) is 94.8 Å². The monoisotopic (exact) mass is 400 g/mol. The summed E-state index contributed by atoms with van der Waals surface area (Å²) in [5.74, 6) is 0.736. The molecule has 1 aromatic carbocycles. The van der Waals surface area contributed by atoms with E-state index in [0.29, 0.717) is 21.7 Å². The summed E-state index contributed by atoms with van der Waals surface area (Å²) < 4.78 is 11.7. The molecule has 0 unspecified atom stereocenters. The van der Waals surface area contributed by atoms with Gasteiger partial charge in [0.1, 0.15) is 11.4 Å². The molecule has 3 aromatic rings. The Bertz CT molecular complexity index is 1120. The molecule has 8 nitrogen and oxygen atoms in total. The van der Waals surface area contributed by atoms with Gasteiger partial charge >= 0.3 is 0 Å². The molecule has 0 spiro atoms. The molecule has 0 saturated heterocycles. The molecule has 1 amide bonds. The summed E-state index contributed by atoms with van der Waals surface area (Å²) in [6.07, 6.45) is 2.87. The zero-order chi connectivity index (χ0) is 20.3. The maximum absolute atomic E-state index is 12.6. The Balaban J connectivity index is 1.70. The number of hydrazone groups is 1. The van der Waals surface area contributed by atoms with Crippen LogP contribution in [0, 0.1) is 13.8 Å². The van der Waals surface area contributed by atoms with Crippen LogP contribution in [0.5, 0.6) is 11.5 Å².